The molecule has 34 heavy (non-hydrogen) atoms. The second-order valence-corrected chi connectivity index (χ2v) is 7.71. The van der Waals surface area contributed by atoms with Gasteiger partial charge in [0.25, 0.3) is 5.91 Å². The first-order valence-corrected chi connectivity index (χ1v) is 10.2. The predicted octanol–water partition coefficient (Wildman–Crippen LogP) is 3.73. The highest BCUT2D eigenvalue weighted by molar-refractivity contribution is 5.87. The third-order valence-corrected chi connectivity index (χ3v) is 4.62. The largest absolute Gasteiger partial charge is 0.484 e. The minimum atomic E-state index is -4.71. The maximum Gasteiger partial charge on any atom is 0.417 e. The van der Waals surface area contributed by atoms with E-state index < -0.39 is 24.3 Å². The smallest absolute Gasteiger partial charge is 0.417 e. The van der Waals surface area contributed by atoms with Crippen LogP contribution in [0.15, 0.2) is 36.4 Å². The lowest BCUT2D eigenvalue weighted by Gasteiger charge is -2.14. The van der Waals surface area contributed by atoms with Gasteiger partial charge in [0.1, 0.15) is 5.75 Å². The van der Waals surface area contributed by atoms with Gasteiger partial charge in [0.05, 0.1) is 5.56 Å². The highest BCUT2D eigenvalue weighted by atomic mass is 19.4. The summed E-state index contributed by atoms with van der Waals surface area (Å²) < 4.78 is 48.0. The maximum atomic E-state index is 13.8. The number of anilines is 3. The Hall–Kier alpha value is -4.09. The van der Waals surface area contributed by atoms with Gasteiger partial charge in [-0.25, -0.2) is 4.68 Å². The zero-order valence-corrected chi connectivity index (χ0v) is 18.7. The summed E-state index contributed by atoms with van der Waals surface area (Å²) in [4.78, 5) is 16.0. The van der Waals surface area contributed by atoms with E-state index in [1.165, 1.54) is 23.9 Å². The van der Waals surface area contributed by atoms with E-state index in [0.717, 1.165) is 12.3 Å². The Morgan fingerprint density at radius 3 is 2.65 bits per heavy atom. The van der Waals surface area contributed by atoms with Crippen molar-refractivity contribution < 1.29 is 22.7 Å². The monoisotopic (exact) mass is 475 g/mol. The van der Waals surface area contributed by atoms with Crippen LogP contribution in [-0.2, 0) is 18.0 Å². The Labute approximate surface area is 193 Å². The molecule has 0 aliphatic heterocycles. The Morgan fingerprint density at radius 2 is 2.00 bits per heavy atom. The number of nitrogens with two attached hydrogens (primary N) is 1. The predicted molar refractivity (Wildman–Crippen MR) is 122 cm³/mol. The molecule has 3 aromatic rings. The van der Waals surface area contributed by atoms with Gasteiger partial charge in [-0.1, -0.05) is 0 Å². The van der Waals surface area contributed by atoms with Crippen LogP contribution in [0.3, 0.4) is 0 Å². The molecule has 0 radical (unpaired) electrons. The zero-order chi connectivity index (χ0) is 25.0. The van der Waals surface area contributed by atoms with E-state index in [0.29, 0.717) is 16.9 Å². The number of alkyl halides is 3. The number of hydrogen-bond donors (Lipinski definition) is 4. The van der Waals surface area contributed by atoms with Gasteiger partial charge in [0.15, 0.2) is 12.4 Å². The van der Waals surface area contributed by atoms with Gasteiger partial charge in [0.2, 0.25) is 5.95 Å². The summed E-state index contributed by atoms with van der Waals surface area (Å²) >= 11 is 0. The molecule has 0 saturated carbocycles. The van der Waals surface area contributed by atoms with Crippen molar-refractivity contribution in [2.24, 2.45) is 7.05 Å². The number of ether oxygens (including phenoxy) is 1. The molecule has 0 atom stereocenters. The molecular formula is C22H24F3N7O2. The molecule has 0 saturated heterocycles. The van der Waals surface area contributed by atoms with Crippen molar-refractivity contribution in [2.75, 3.05) is 17.7 Å². The molecule has 3 rings (SSSR count). The van der Waals surface area contributed by atoms with Gasteiger partial charge in [-0.2, -0.15) is 18.2 Å². The quantitative estimate of drug-likeness (QED) is 0.290. The van der Waals surface area contributed by atoms with Gasteiger partial charge >= 0.3 is 6.18 Å². The number of hydrogen-bond acceptors (Lipinski definition) is 7. The lowest BCUT2D eigenvalue weighted by atomic mass is 10.1. The molecule has 1 aromatic heterocycles. The van der Waals surface area contributed by atoms with Crippen LogP contribution in [0.4, 0.5) is 30.5 Å². The number of nitrogen functional groups attached to an aromatic ring is 1. The van der Waals surface area contributed by atoms with Crippen LogP contribution in [-0.4, -0.2) is 39.5 Å². The van der Waals surface area contributed by atoms with E-state index in [2.05, 4.69) is 20.7 Å². The van der Waals surface area contributed by atoms with E-state index in [9.17, 15) is 18.0 Å². The summed E-state index contributed by atoms with van der Waals surface area (Å²) in [5.74, 6) is -0.507. The average molecular weight is 475 g/mol. The molecule has 0 aliphatic carbocycles. The number of carbonyl (C=O) groups is 1. The molecule has 9 nitrogen and oxygen atoms in total. The molecule has 0 aliphatic rings. The van der Waals surface area contributed by atoms with Crippen LogP contribution < -0.4 is 21.1 Å². The molecule has 12 heteroatoms. The topological polar surface area (TPSA) is 131 Å². The molecule has 2 aromatic carbocycles. The van der Waals surface area contributed by atoms with Crippen LogP contribution >= 0.6 is 0 Å². The van der Waals surface area contributed by atoms with Gasteiger partial charge in [-0.15, -0.1) is 5.10 Å². The Balaban J connectivity index is 1.89. The van der Waals surface area contributed by atoms with E-state index in [-0.39, 0.29) is 29.1 Å². The lowest BCUT2D eigenvalue weighted by Crippen LogP contribution is -2.34. The van der Waals surface area contributed by atoms with Crippen molar-refractivity contribution >= 4 is 29.4 Å². The van der Waals surface area contributed by atoms with Gasteiger partial charge in [0, 0.05) is 41.8 Å². The maximum absolute atomic E-state index is 13.8. The molecule has 0 bridgehead atoms. The highest BCUT2D eigenvalue weighted by Gasteiger charge is 2.35. The molecule has 0 spiro atoms. The number of rotatable bonds is 8. The zero-order valence-electron chi connectivity index (χ0n) is 18.7. The van der Waals surface area contributed by atoms with Crippen molar-refractivity contribution in [3.8, 4) is 17.1 Å². The summed E-state index contributed by atoms with van der Waals surface area (Å²) in [6, 6.07) is 8.09. The van der Waals surface area contributed by atoms with Gasteiger partial charge in [-0.3, -0.25) is 4.79 Å². The third kappa shape index (κ3) is 5.82. The first kappa shape index (κ1) is 24.6. The van der Waals surface area contributed by atoms with Crippen LogP contribution in [0.5, 0.6) is 5.75 Å². The summed E-state index contributed by atoms with van der Waals surface area (Å²) in [6.45, 7) is 3.11. The summed E-state index contributed by atoms with van der Waals surface area (Å²) in [5.41, 5.74) is 5.97. The Morgan fingerprint density at radius 1 is 1.26 bits per heavy atom. The van der Waals surface area contributed by atoms with E-state index in [1.807, 2.05) is 0 Å². The van der Waals surface area contributed by atoms with Crippen LogP contribution in [0.1, 0.15) is 25.0 Å². The number of amides is 1. The molecule has 180 valence electrons. The van der Waals surface area contributed by atoms with Crippen molar-refractivity contribution in [2.45, 2.75) is 26.1 Å². The van der Waals surface area contributed by atoms with Crippen molar-refractivity contribution in [3.63, 3.8) is 0 Å². The number of aromatic nitrogens is 3. The number of carbonyl (C=O) groups excluding carboxylic acids is 1. The minimum absolute atomic E-state index is 0.106. The van der Waals surface area contributed by atoms with E-state index in [4.69, 9.17) is 15.9 Å². The molecule has 5 N–H and O–H groups in total. The Bertz CT molecular complexity index is 1210. The average Bonchev–Trinajstić information content (AvgIpc) is 3.12. The number of nitrogens with one attached hydrogen (secondary N) is 3. The number of nitrogens with zero attached hydrogens (tertiary/aromatic N) is 3. The third-order valence-electron chi connectivity index (χ3n) is 4.62. The number of aryl methyl sites for hydroxylation is 1. The molecule has 0 unspecified atom stereocenters. The first-order valence-electron chi connectivity index (χ1n) is 10.2. The standard InChI is InChI=1S/C22H24F3N7O2/c1-12(2)28-19(33)11-34-15-5-6-16(17(9-15)22(23,24)25)20-30-21(32(3)31-20)29-14-4-7-18(27)13(8-14)10-26/h4-10,12,26H,11,27H2,1-3H3,(H,28,33)(H,29,30,31). The fraction of sp³-hybridized carbons (Fsp3) is 0.273. The number of halogens is 3. The number of benzene rings is 2. The fourth-order valence-electron chi connectivity index (χ4n) is 3.07. The van der Waals surface area contributed by atoms with Crippen molar-refractivity contribution in [1.82, 2.24) is 20.1 Å². The molecular weight excluding hydrogens is 451 g/mol. The lowest BCUT2D eigenvalue weighted by molar-refractivity contribution is -0.137. The fourth-order valence-corrected chi connectivity index (χ4v) is 3.07. The molecule has 0 fully saturated rings. The first-order chi connectivity index (χ1) is 16.0. The van der Waals surface area contributed by atoms with Gasteiger partial charge in [-0.05, 0) is 50.2 Å². The van der Waals surface area contributed by atoms with E-state index in [1.54, 1.807) is 32.0 Å². The van der Waals surface area contributed by atoms with Crippen LogP contribution in [0, 0.1) is 5.41 Å². The Kier molecular flexibility index (Phi) is 7.08. The SMILES string of the molecule is CC(C)NC(=O)COc1ccc(-c2nc(Nc3ccc(N)c(C=N)c3)n(C)n2)c(C(F)(F)F)c1. The minimum Gasteiger partial charge on any atom is -0.484 e. The second-order valence-electron chi connectivity index (χ2n) is 7.71. The van der Waals surface area contributed by atoms with Crippen LogP contribution in [0.25, 0.3) is 11.4 Å². The van der Waals surface area contributed by atoms with Crippen LogP contribution in [0.2, 0.25) is 0 Å². The van der Waals surface area contributed by atoms with Crippen molar-refractivity contribution in [1.29, 1.82) is 5.41 Å². The van der Waals surface area contributed by atoms with Crippen molar-refractivity contribution in [3.05, 3.63) is 47.5 Å². The molecule has 1 heterocycles. The summed E-state index contributed by atoms with van der Waals surface area (Å²) in [6.07, 6.45) is -3.62. The second kappa shape index (κ2) is 9.81. The molecule has 1 amide bonds. The summed E-state index contributed by atoms with van der Waals surface area (Å²) in [7, 11) is 1.53. The normalized spacial score (nSPS) is 11.4. The van der Waals surface area contributed by atoms with E-state index >= 15 is 0 Å². The highest BCUT2D eigenvalue weighted by Crippen LogP contribution is 2.38. The summed E-state index contributed by atoms with van der Waals surface area (Å²) in [5, 5.41) is 17.1. The van der Waals surface area contributed by atoms with Gasteiger partial charge < -0.3 is 26.5 Å².